The SMILES string of the molecule is CCc1nccn1CC(c1cccc(F)c1)(C1CCN(CC2CN(c3ccc(SC4CCC4)cc3)C2)CC1)C1CCCC1NC(=O)OC. The first-order valence-corrected chi connectivity index (χ1v) is 19.2. The molecule has 3 atom stereocenters. The van der Waals surface area contributed by atoms with E-state index >= 15 is 4.39 Å². The first-order chi connectivity index (χ1) is 23.4. The molecule has 258 valence electrons. The summed E-state index contributed by atoms with van der Waals surface area (Å²) in [6.07, 6.45) is 13.5. The van der Waals surface area contributed by atoms with Gasteiger partial charge in [-0.2, -0.15) is 0 Å². The molecule has 1 amide bonds. The van der Waals surface area contributed by atoms with Crippen LogP contribution in [0.1, 0.15) is 69.7 Å². The number of halogens is 1. The minimum Gasteiger partial charge on any atom is -0.453 e. The summed E-state index contributed by atoms with van der Waals surface area (Å²) in [5, 5.41) is 4.03. The quantitative estimate of drug-likeness (QED) is 0.214. The number of rotatable bonds is 12. The van der Waals surface area contributed by atoms with Crippen LogP contribution in [0, 0.1) is 23.6 Å². The number of carbonyl (C=O) groups is 1. The average molecular weight is 674 g/mol. The van der Waals surface area contributed by atoms with Crippen LogP contribution in [0.15, 0.2) is 65.8 Å². The molecule has 3 heterocycles. The number of methoxy groups -OCH3 is 1. The summed E-state index contributed by atoms with van der Waals surface area (Å²) in [5.41, 5.74) is 2.03. The predicted octanol–water partition coefficient (Wildman–Crippen LogP) is 7.54. The molecule has 9 heteroatoms. The highest BCUT2D eigenvalue weighted by molar-refractivity contribution is 8.00. The summed E-state index contributed by atoms with van der Waals surface area (Å²) in [7, 11) is 1.43. The fourth-order valence-electron chi connectivity index (χ4n) is 9.22. The lowest BCUT2D eigenvalue weighted by Gasteiger charge is -2.51. The minimum absolute atomic E-state index is 0.0285. The lowest BCUT2D eigenvalue weighted by atomic mass is 9.58. The van der Waals surface area contributed by atoms with Gasteiger partial charge in [0.1, 0.15) is 11.6 Å². The minimum atomic E-state index is -0.384. The van der Waals surface area contributed by atoms with E-state index in [1.165, 1.54) is 37.0 Å². The normalized spacial score (nSPS) is 23.8. The summed E-state index contributed by atoms with van der Waals surface area (Å²) < 4.78 is 22.5. The summed E-state index contributed by atoms with van der Waals surface area (Å²) in [5.74, 6) is 2.01. The van der Waals surface area contributed by atoms with Crippen LogP contribution < -0.4 is 10.2 Å². The zero-order valence-electron chi connectivity index (χ0n) is 28.7. The molecule has 1 N–H and O–H groups in total. The Morgan fingerprint density at radius 2 is 1.81 bits per heavy atom. The molecule has 2 saturated carbocycles. The van der Waals surface area contributed by atoms with Crippen molar-refractivity contribution in [2.45, 2.75) is 92.9 Å². The molecule has 3 unspecified atom stereocenters. The number of anilines is 1. The molecule has 48 heavy (non-hydrogen) atoms. The summed E-state index contributed by atoms with van der Waals surface area (Å²) in [4.78, 5) is 23.8. The molecule has 4 aliphatic rings. The van der Waals surface area contributed by atoms with Crippen LogP contribution in [-0.4, -0.2) is 71.7 Å². The smallest absolute Gasteiger partial charge is 0.407 e. The van der Waals surface area contributed by atoms with Crippen LogP contribution in [0.2, 0.25) is 0 Å². The number of imidazole rings is 1. The van der Waals surface area contributed by atoms with Gasteiger partial charge in [0.25, 0.3) is 0 Å². The molecule has 2 aliphatic carbocycles. The highest BCUT2D eigenvalue weighted by atomic mass is 32.2. The summed E-state index contributed by atoms with van der Waals surface area (Å²) in [6.45, 7) is 8.31. The van der Waals surface area contributed by atoms with Gasteiger partial charge in [0, 0.05) is 78.2 Å². The Hall–Kier alpha value is -3.04. The number of thioether (sulfide) groups is 1. The van der Waals surface area contributed by atoms with Crippen LogP contribution >= 0.6 is 11.8 Å². The van der Waals surface area contributed by atoms with Crippen LogP contribution in [0.5, 0.6) is 0 Å². The van der Waals surface area contributed by atoms with E-state index < -0.39 is 0 Å². The van der Waals surface area contributed by atoms with Crippen LogP contribution in [-0.2, 0) is 23.1 Å². The van der Waals surface area contributed by atoms with Gasteiger partial charge in [-0.15, -0.1) is 11.8 Å². The number of aromatic nitrogens is 2. The Morgan fingerprint density at radius 1 is 1.04 bits per heavy atom. The number of nitrogens with zero attached hydrogens (tertiary/aromatic N) is 4. The molecular weight excluding hydrogens is 622 g/mol. The molecule has 0 radical (unpaired) electrons. The van der Waals surface area contributed by atoms with Crippen molar-refractivity contribution in [1.29, 1.82) is 0 Å². The maximum Gasteiger partial charge on any atom is 0.407 e. The largest absolute Gasteiger partial charge is 0.453 e. The predicted molar refractivity (Wildman–Crippen MR) is 191 cm³/mol. The highest BCUT2D eigenvalue weighted by Gasteiger charge is 2.52. The van der Waals surface area contributed by atoms with Crippen molar-refractivity contribution < 1.29 is 13.9 Å². The van der Waals surface area contributed by atoms with E-state index in [2.05, 4.69) is 68.1 Å². The number of likely N-dealkylation sites (tertiary alicyclic amines) is 1. The van der Waals surface area contributed by atoms with E-state index in [0.717, 1.165) is 94.4 Å². The Labute approximate surface area is 290 Å². The number of piperidine rings is 1. The number of aryl methyl sites for hydroxylation is 1. The van der Waals surface area contributed by atoms with E-state index in [0.29, 0.717) is 11.8 Å². The summed E-state index contributed by atoms with van der Waals surface area (Å²) in [6, 6.07) is 16.5. The number of ether oxygens (including phenoxy) is 1. The fourth-order valence-corrected chi connectivity index (χ4v) is 10.5. The number of carbonyl (C=O) groups excluding carboxylic acids is 1. The third-order valence-electron chi connectivity index (χ3n) is 11.9. The van der Waals surface area contributed by atoms with Gasteiger partial charge in [0.2, 0.25) is 0 Å². The van der Waals surface area contributed by atoms with Crippen molar-refractivity contribution in [1.82, 2.24) is 19.8 Å². The number of benzene rings is 2. The molecule has 0 spiro atoms. The Balaban J connectivity index is 1.06. The molecule has 2 saturated heterocycles. The number of alkyl carbamates (subject to hydrolysis) is 1. The molecule has 2 aromatic carbocycles. The van der Waals surface area contributed by atoms with E-state index in [9.17, 15) is 4.79 Å². The number of hydrogen-bond acceptors (Lipinski definition) is 6. The molecule has 0 bridgehead atoms. The van der Waals surface area contributed by atoms with Crippen LogP contribution in [0.4, 0.5) is 14.9 Å². The van der Waals surface area contributed by atoms with Gasteiger partial charge >= 0.3 is 6.09 Å². The highest BCUT2D eigenvalue weighted by Crippen LogP contribution is 2.52. The third-order valence-corrected chi connectivity index (χ3v) is 13.3. The maximum atomic E-state index is 15.1. The summed E-state index contributed by atoms with van der Waals surface area (Å²) >= 11 is 2.04. The average Bonchev–Trinajstić information content (AvgIpc) is 3.73. The zero-order chi connectivity index (χ0) is 33.1. The Kier molecular flexibility index (Phi) is 10.3. The molecule has 2 aliphatic heterocycles. The molecule has 3 aromatic rings. The monoisotopic (exact) mass is 673 g/mol. The molecular formula is C39H52FN5O2S. The van der Waals surface area contributed by atoms with Crippen LogP contribution in [0.3, 0.4) is 0 Å². The van der Waals surface area contributed by atoms with Crippen molar-refractivity contribution in [3.8, 4) is 0 Å². The van der Waals surface area contributed by atoms with Gasteiger partial charge in [-0.3, -0.25) is 0 Å². The van der Waals surface area contributed by atoms with Crippen LogP contribution in [0.25, 0.3) is 0 Å². The number of nitrogens with one attached hydrogen (secondary N) is 1. The van der Waals surface area contributed by atoms with Crippen molar-refractivity contribution in [2.24, 2.45) is 17.8 Å². The van der Waals surface area contributed by atoms with Gasteiger partial charge in [-0.05, 0) is 105 Å². The molecule has 7 rings (SSSR count). The fraction of sp³-hybridized carbons (Fsp3) is 0.590. The zero-order valence-corrected chi connectivity index (χ0v) is 29.5. The first-order valence-electron chi connectivity index (χ1n) is 18.3. The maximum absolute atomic E-state index is 15.1. The van der Waals surface area contributed by atoms with Gasteiger partial charge < -0.3 is 24.4 Å². The first kappa shape index (κ1) is 33.5. The topological polar surface area (TPSA) is 62.6 Å². The second kappa shape index (κ2) is 14.8. The number of amides is 1. The number of hydrogen-bond donors (Lipinski definition) is 1. The standard InChI is InChI=1S/C39H52FN5O2S/c1-3-37-41-19-22-44(37)27-39(30-7-4-8-31(40)23-30,35-11-6-12-36(35)42-38(46)47-2)29-17-20-43(21-18-29)24-28-25-45(26-28)32-13-15-34(16-14-32)48-33-9-5-10-33/h4,7-8,13-16,19,22-23,28-29,33,35-36H,3,5-6,9-12,17-18,20-21,24-27H2,1-2H3,(H,42,46). The lowest BCUT2D eigenvalue weighted by molar-refractivity contribution is 0.0541. The van der Waals surface area contributed by atoms with E-state index in [1.54, 1.807) is 12.1 Å². The van der Waals surface area contributed by atoms with Gasteiger partial charge in [0.15, 0.2) is 0 Å². The van der Waals surface area contributed by atoms with Crippen molar-refractivity contribution in [3.63, 3.8) is 0 Å². The van der Waals surface area contributed by atoms with Crippen molar-refractivity contribution in [2.75, 3.05) is 44.7 Å². The Morgan fingerprint density at radius 3 is 2.50 bits per heavy atom. The van der Waals surface area contributed by atoms with E-state index in [1.807, 2.05) is 24.0 Å². The van der Waals surface area contributed by atoms with Crippen molar-refractivity contribution >= 4 is 23.5 Å². The molecule has 4 fully saturated rings. The van der Waals surface area contributed by atoms with E-state index in [4.69, 9.17) is 4.74 Å². The van der Waals surface area contributed by atoms with Gasteiger partial charge in [-0.25, -0.2) is 14.2 Å². The second-order valence-electron chi connectivity index (χ2n) is 14.7. The molecule has 1 aromatic heterocycles. The Bertz CT molecular complexity index is 1510. The van der Waals surface area contributed by atoms with Gasteiger partial charge in [-0.1, -0.05) is 31.9 Å². The third kappa shape index (κ3) is 7.00. The van der Waals surface area contributed by atoms with Gasteiger partial charge in [0.05, 0.1) is 7.11 Å². The van der Waals surface area contributed by atoms with Crippen molar-refractivity contribution in [3.05, 3.63) is 78.1 Å². The second-order valence-corrected chi connectivity index (χ2v) is 16.0. The lowest BCUT2D eigenvalue weighted by Crippen LogP contribution is -2.56. The van der Waals surface area contributed by atoms with E-state index in [-0.39, 0.29) is 29.3 Å². The molecule has 7 nitrogen and oxygen atoms in total.